The van der Waals surface area contributed by atoms with Crippen LogP contribution in [0.15, 0.2) is 0 Å². The van der Waals surface area contributed by atoms with Crippen molar-refractivity contribution in [1.82, 2.24) is 0 Å². The Bertz CT molecular complexity index is 481. The lowest BCUT2D eigenvalue weighted by Gasteiger charge is -2.16. The first kappa shape index (κ1) is 39.3. The first-order valence-electron chi connectivity index (χ1n) is 17.2. The standard InChI is InChI=1S/C33H68O4PS/c1-4-7-9-11-13-15-17-19-21-23-25-27-29-35-31-33(32-37-38(34)39-6-3)36-30-28-26-24-22-20-18-16-14-12-10-8-5-2/h33H,4-32H2,1-3H3/q+1. The second-order valence-corrected chi connectivity index (χ2v) is 14.5. The number of rotatable bonds is 34. The fraction of sp³-hybridized carbons (Fsp3) is 1.00. The summed E-state index contributed by atoms with van der Waals surface area (Å²) in [6.45, 7) is 8.99. The van der Waals surface area contributed by atoms with Gasteiger partial charge >= 0.3 is 7.23 Å². The lowest BCUT2D eigenvalue weighted by Crippen LogP contribution is -2.25. The third-order valence-electron chi connectivity index (χ3n) is 7.40. The third kappa shape index (κ3) is 32.7. The lowest BCUT2D eigenvalue weighted by atomic mass is 10.1. The summed E-state index contributed by atoms with van der Waals surface area (Å²) in [6.07, 6.45) is 32.2. The largest absolute Gasteiger partial charge is 0.585 e. The van der Waals surface area contributed by atoms with Gasteiger partial charge in [-0.1, -0.05) is 162 Å². The molecule has 234 valence electrons. The molecule has 0 fully saturated rings. The maximum Gasteiger partial charge on any atom is 0.585 e. The summed E-state index contributed by atoms with van der Waals surface area (Å²) in [5.74, 6) is 0.801. The molecule has 0 amide bonds. The van der Waals surface area contributed by atoms with Crippen LogP contribution >= 0.6 is 18.6 Å². The normalized spacial score (nSPS) is 12.7. The minimum atomic E-state index is -1.66. The third-order valence-corrected chi connectivity index (χ3v) is 9.95. The second-order valence-electron chi connectivity index (χ2n) is 11.3. The van der Waals surface area contributed by atoms with Crippen molar-refractivity contribution < 1.29 is 18.6 Å². The van der Waals surface area contributed by atoms with Crippen LogP contribution < -0.4 is 0 Å². The van der Waals surface area contributed by atoms with E-state index in [-0.39, 0.29) is 6.10 Å². The van der Waals surface area contributed by atoms with Crippen molar-refractivity contribution in [2.75, 3.05) is 32.2 Å². The molecule has 0 aromatic rings. The number of hydrogen-bond acceptors (Lipinski definition) is 5. The molecular weight excluding hydrogens is 523 g/mol. The predicted molar refractivity (Wildman–Crippen MR) is 174 cm³/mol. The Kier molecular flexibility index (Phi) is 34.8. The molecule has 0 saturated heterocycles. The molecule has 0 N–H and O–H groups in total. The molecule has 0 radical (unpaired) electrons. The highest BCUT2D eigenvalue weighted by atomic mass is 32.7. The predicted octanol–water partition coefficient (Wildman–Crippen LogP) is 12.2. The molecular formula is C33H68O4PS+. The zero-order valence-electron chi connectivity index (χ0n) is 26.6. The fourth-order valence-electron chi connectivity index (χ4n) is 4.88. The Morgan fingerprint density at radius 1 is 0.513 bits per heavy atom. The molecule has 4 nitrogen and oxygen atoms in total. The van der Waals surface area contributed by atoms with Gasteiger partial charge in [-0.05, 0) is 17.4 Å². The van der Waals surface area contributed by atoms with Crippen LogP contribution in [0.2, 0.25) is 0 Å². The molecule has 0 bridgehead atoms. The highest BCUT2D eigenvalue weighted by Crippen LogP contribution is 2.38. The van der Waals surface area contributed by atoms with E-state index in [9.17, 15) is 4.57 Å². The Morgan fingerprint density at radius 2 is 0.897 bits per heavy atom. The summed E-state index contributed by atoms with van der Waals surface area (Å²) in [5, 5.41) is 0. The van der Waals surface area contributed by atoms with E-state index in [1.54, 1.807) is 0 Å². The van der Waals surface area contributed by atoms with Gasteiger partial charge in [-0.3, -0.25) is 0 Å². The van der Waals surface area contributed by atoms with E-state index >= 15 is 0 Å². The van der Waals surface area contributed by atoms with Crippen LogP contribution in [0.5, 0.6) is 0 Å². The van der Waals surface area contributed by atoms with Crippen LogP contribution in [0.25, 0.3) is 0 Å². The van der Waals surface area contributed by atoms with Crippen molar-refractivity contribution in [3.63, 3.8) is 0 Å². The van der Waals surface area contributed by atoms with Crippen molar-refractivity contribution in [2.24, 2.45) is 0 Å². The van der Waals surface area contributed by atoms with Crippen LogP contribution in [-0.4, -0.2) is 38.3 Å². The van der Waals surface area contributed by atoms with E-state index in [2.05, 4.69) is 13.8 Å². The van der Waals surface area contributed by atoms with E-state index in [4.69, 9.17) is 14.0 Å². The highest BCUT2D eigenvalue weighted by molar-refractivity contribution is 8.50. The smallest absolute Gasteiger partial charge is 0.379 e. The van der Waals surface area contributed by atoms with Gasteiger partial charge in [-0.15, -0.1) is 4.52 Å². The van der Waals surface area contributed by atoms with Gasteiger partial charge in [0.25, 0.3) is 0 Å². The molecule has 39 heavy (non-hydrogen) atoms. The molecule has 0 heterocycles. The Balaban J connectivity index is 3.75. The van der Waals surface area contributed by atoms with Crippen LogP contribution in [0.1, 0.15) is 175 Å². The maximum absolute atomic E-state index is 11.9. The minimum Gasteiger partial charge on any atom is -0.379 e. The monoisotopic (exact) mass is 591 g/mol. The van der Waals surface area contributed by atoms with Gasteiger partial charge in [0.2, 0.25) is 0 Å². The van der Waals surface area contributed by atoms with Crippen molar-refractivity contribution in [3.8, 4) is 0 Å². The SMILES string of the molecule is CCCCCCCCCCCCCCOCC(CO[P+](=O)SCC)OCCCCCCCCCCCCCC. The lowest BCUT2D eigenvalue weighted by molar-refractivity contribution is -0.0373. The van der Waals surface area contributed by atoms with Gasteiger partial charge in [-0.25, -0.2) is 0 Å². The van der Waals surface area contributed by atoms with Crippen LogP contribution in [0, 0.1) is 0 Å². The van der Waals surface area contributed by atoms with E-state index < -0.39 is 7.23 Å². The number of ether oxygens (including phenoxy) is 2. The first-order chi connectivity index (χ1) is 19.2. The van der Waals surface area contributed by atoms with Crippen LogP contribution in [0.3, 0.4) is 0 Å². The molecule has 0 aliphatic rings. The van der Waals surface area contributed by atoms with Gasteiger partial charge in [0.05, 0.1) is 6.61 Å². The van der Waals surface area contributed by atoms with Crippen molar-refractivity contribution in [3.05, 3.63) is 0 Å². The molecule has 0 saturated carbocycles. The molecule has 2 unspecified atom stereocenters. The van der Waals surface area contributed by atoms with Crippen LogP contribution in [-0.2, 0) is 18.6 Å². The average Bonchev–Trinajstić information content (AvgIpc) is 2.94. The quantitative estimate of drug-likeness (QED) is 0.0550. The molecule has 0 aromatic carbocycles. The van der Waals surface area contributed by atoms with Gasteiger partial charge in [0, 0.05) is 19.0 Å². The summed E-state index contributed by atoms with van der Waals surface area (Å²) in [7, 11) is -1.66. The van der Waals surface area contributed by atoms with Crippen LogP contribution in [0.4, 0.5) is 0 Å². The first-order valence-corrected chi connectivity index (χ1v) is 19.9. The summed E-state index contributed by atoms with van der Waals surface area (Å²) >= 11 is 1.36. The zero-order chi connectivity index (χ0) is 28.5. The Morgan fingerprint density at radius 3 is 1.31 bits per heavy atom. The molecule has 0 aliphatic heterocycles. The molecule has 0 rings (SSSR count). The molecule has 0 aliphatic carbocycles. The number of hydrogen-bond donors (Lipinski definition) is 0. The molecule has 0 aromatic heterocycles. The maximum atomic E-state index is 11.9. The average molecular weight is 592 g/mol. The van der Waals surface area contributed by atoms with Gasteiger partial charge in [0.15, 0.2) is 11.4 Å². The van der Waals surface area contributed by atoms with E-state index in [1.807, 2.05) is 6.92 Å². The summed E-state index contributed by atoms with van der Waals surface area (Å²) in [5.41, 5.74) is 0. The number of unbranched alkanes of at least 4 members (excludes halogenated alkanes) is 22. The highest BCUT2D eigenvalue weighted by Gasteiger charge is 2.22. The van der Waals surface area contributed by atoms with E-state index in [0.29, 0.717) is 13.2 Å². The van der Waals surface area contributed by atoms with Crippen molar-refractivity contribution in [1.29, 1.82) is 0 Å². The second kappa shape index (κ2) is 34.5. The molecule has 6 heteroatoms. The van der Waals surface area contributed by atoms with Crippen molar-refractivity contribution in [2.45, 2.75) is 181 Å². The minimum absolute atomic E-state index is 0.119. The summed E-state index contributed by atoms with van der Waals surface area (Å²) in [4.78, 5) is 0. The molecule has 0 spiro atoms. The topological polar surface area (TPSA) is 44.8 Å². The van der Waals surface area contributed by atoms with Gasteiger partial charge in [-0.2, -0.15) is 0 Å². The fourth-order valence-corrected chi connectivity index (χ4v) is 6.50. The molecule has 2 atom stereocenters. The zero-order valence-corrected chi connectivity index (χ0v) is 28.3. The van der Waals surface area contributed by atoms with Gasteiger partial charge < -0.3 is 9.47 Å². The van der Waals surface area contributed by atoms with Gasteiger partial charge in [0.1, 0.15) is 12.7 Å². The van der Waals surface area contributed by atoms with Crippen molar-refractivity contribution >= 4 is 18.6 Å². The van der Waals surface area contributed by atoms with E-state index in [0.717, 1.165) is 31.8 Å². The Labute approximate surface area is 249 Å². The Hall–Kier alpha value is 0.330. The summed E-state index contributed by atoms with van der Waals surface area (Å²) < 4.78 is 29.5. The van der Waals surface area contributed by atoms with E-state index in [1.165, 1.54) is 153 Å². The summed E-state index contributed by atoms with van der Waals surface area (Å²) in [6, 6.07) is 0.